The third kappa shape index (κ3) is 1.09. The molecule has 1 heterocycles. The molecule has 0 amide bonds. The Hall–Kier alpha value is -1.38. The van der Waals surface area contributed by atoms with E-state index in [2.05, 4.69) is 10.3 Å². The molecule has 11 heavy (non-hydrogen) atoms. The van der Waals surface area contributed by atoms with Gasteiger partial charge in [0.05, 0.1) is 17.9 Å². The van der Waals surface area contributed by atoms with Crippen molar-refractivity contribution in [3.8, 4) is 0 Å². The van der Waals surface area contributed by atoms with Gasteiger partial charge in [0.2, 0.25) is 0 Å². The van der Waals surface area contributed by atoms with Gasteiger partial charge in [0, 0.05) is 6.21 Å². The zero-order valence-electron chi connectivity index (χ0n) is 5.84. The summed E-state index contributed by atoms with van der Waals surface area (Å²) in [5, 5.41) is 3.01. The van der Waals surface area contributed by atoms with E-state index < -0.39 is 0 Å². The quantitative estimate of drug-likeness (QED) is 0.600. The Morgan fingerprint density at radius 3 is 3.27 bits per heavy atom. The summed E-state index contributed by atoms with van der Waals surface area (Å²) in [6.07, 6.45) is 1.76. The van der Waals surface area contributed by atoms with E-state index in [1.54, 1.807) is 12.3 Å². The van der Waals surface area contributed by atoms with Crippen molar-refractivity contribution in [2.75, 3.05) is 11.9 Å². The minimum Gasteiger partial charge on any atom is -0.378 e. The highest BCUT2D eigenvalue weighted by Gasteiger charge is 2.04. The molecule has 0 aliphatic carbocycles. The van der Waals surface area contributed by atoms with Crippen molar-refractivity contribution in [3.05, 3.63) is 24.0 Å². The number of hydrogen-bond donors (Lipinski definition) is 1. The molecule has 1 aromatic rings. The Morgan fingerprint density at radius 1 is 1.45 bits per heavy atom. The lowest BCUT2D eigenvalue weighted by Gasteiger charge is -2.10. The fraction of sp³-hybridized carbons (Fsp3) is 0.125. The molecule has 2 nitrogen and oxygen atoms in total. The number of benzene rings is 1. The topological polar surface area (TPSA) is 24.4 Å². The van der Waals surface area contributed by atoms with Gasteiger partial charge >= 0.3 is 0 Å². The molecule has 1 aliphatic rings. The number of nitrogens with zero attached hydrogens (tertiary/aromatic N) is 1. The van der Waals surface area contributed by atoms with E-state index in [0.29, 0.717) is 6.54 Å². The molecule has 0 atom stereocenters. The first-order chi connectivity index (χ1) is 5.36. The largest absolute Gasteiger partial charge is 0.378 e. The van der Waals surface area contributed by atoms with Crippen LogP contribution in [0.3, 0.4) is 0 Å². The predicted octanol–water partition coefficient (Wildman–Crippen LogP) is 1.95. The standard InChI is InChI=1S/C8H7FN2/c9-6-1-2-7-8(5-6)11-4-3-10-7/h1-3,5,11H,4H2. The Bertz CT molecular complexity index is 307. The number of anilines is 1. The van der Waals surface area contributed by atoms with E-state index in [0.717, 1.165) is 11.4 Å². The van der Waals surface area contributed by atoms with Crippen molar-refractivity contribution in [1.29, 1.82) is 0 Å². The van der Waals surface area contributed by atoms with Crippen LogP contribution in [0, 0.1) is 5.82 Å². The van der Waals surface area contributed by atoms with Gasteiger partial charge in [-0.25, -0.2) is 4.39 Å². The molecule has 56 valence electrons. The lowest BCUT2D eigenvalue weighted by Crippen LogP contribution is -2.06. The van der Waals surface area contributed by atoms with Crippen LogP contribution in [0.2, 0.25) is 0 Å². The number of hydrogen-bond acceptors (Lipinski definition) is 2. The maximum atomic E-state index is 12.6. The minimum absolute atomic E-state index is 0.228. The monoisotopic (exact) mass is 150 g/mol. The smallest absolute Gasteiger partial charge is 0.125 e. The van der Waals surface area contributed by atoms with Crippen molar-refractivity contribution in [1.82, 2.24) is 0 Å². The third-order valence-electron chi connectivity index (χ3n) is 1.57. The van der Waals surface area contributed by atoms with Crippen molar-refractivity contribution >= 4 is 17.6 Å². The fourth-order valence-electron chi connectivity index (χ4n) is 1.06. The molecular formula is C8H7FN2. The maximum absolute atomic E-state index is 12.6. The number of nitrogens with one attached hydrogen (secondary N) is 1. The molecule has 1 aromatic carbocycles. The van der Waals surface area contributed by atoms with E-state index >= 15 is 0 Å². The molecule has 0 bridgehead atoms. The lowest BCUT2D eigenvalue weighted by atomic mass is 10.2. The van der Waals surface area contributed by atoms with E-state index in [1.165, 1.54) is 12.1 Å². The summed E-state index contributed by atoms with van der Waals surface area (Å²) in [5.41, 5.74) is 1.57. The van der Waals surface area contributed by atoms with Crippen molar-refractivity contribution < 1.29 is 4.39 Å². The highest BCUT2D eigenvalue weighted by molar-refractivity contribution is 5.80. The normalized spacial score (nSPS) is 13.9. The van der Waals surface area contributed by atoms with Crippen molar-refractivity contribution in [3.63, 3.8) is 0 Å². The molecule has 0 fully saturated rings. The van der Waals surface area contributed by atoms with Gasteiger partial charge in [0.25, 0.3) is 0 Å². The van der Waals surface area contributed by atoms with E-state index in [4.69, 9.17) is 0 Å². The molecule has 0 radical (unpaired) electrons. The second kappa shape index (κ2) is 2.34. The summed E-state index contributed by atoms with van der Waals surface area (Å²) < 4.78 is 12.6. The Kier molecular flexibility index (Phi) is 1.35. The van der Waals surface area contributed by atoms with E-state index in [-0.39, 0.29) is 5.82 Å². The van der Waals surface area contributed by atoms with Gasteiger partial charge in [-0.05, 0) is 18.2 Å². The van der Waals surface area contributed by atoms with Gasteiger partial charge in [0.1, 0.15) is 5.82 Å². The lowest BCUT2D eigenvalue weighted by molar-refractivity contribution is 0.628. The van der Waals surface area contributed by atoms with Crippen LogP contribution >= 0.6 is 0 Å². The van der Waals surface area contributed by atoms with Crippen LogP contribution in [0.1, 0.15) is 0 Å². The number of rotatable bonds is 0. The Balaban J connectivity index is 2.53. The molecular weight excluding hydrogens is 143 g/mol. The van der Waals surface area contributed by atoms with Gasteiger partial charge in [-0.3, -0.25) is 4.99 Å². The first-order valence-electron chi connectivity index (χ1n) is 3.42. The molecule has 0 saturated carbocycles. The van der Waals surface area contributed by atoms with Crippen LogP contribution < -0.4 is 5.32 Å². The zero-order chi connectivity index (χ0) is 7.68. The maximum Gasteiger partial charge on any atom is 0.125 e. The average Bonchev–Trinajstić information content (AvgIpc) is 2.04. The van der Waals surface area contributed by atoms with Crippen LogP contribution in [0.15, 0.2) is 23.2 Å². The van der Waals surface area contributed by atoms with E-state index in [9.17, 15) is 4.39 Å². The average molecular weight is 150 g/mol. The SMILES string of the molecule is Fc1ccc2c(c1)NCC=N2. The van der Waals surface area contributed by atoms with Crippen LogP contribution in [0.25, 0.3) is 0 Å². The minimum atomic E-state index is -0.228. The summed E-state index contributed by atoms with van der Waals surface area (Å²) in [6.45, 7) is 0.677. The number of fused-ring (bicyclic) bond motifs is 1. The van der Waals surface area contributed by atoms with Gasteiger partial charge in [0.15, 0.2) is 0 Å². The first-order valence-corrected chi connectivity index (χ1v) is 3.42. The third-order valence-corrected chi connectivity index (χ3v) is 1.57. The number of halogens is 1. The zero-order valence-corrected chi connectivity index (χ0v) is 5.84. The Morgan fingerprint density at radius 2 is 2.36 bits per heavy atom. The van der Waals surface area contributed by atoms with Crippen LogP contribution in [-0.4, -0.2) is 12.8 Å². The highest BCUT2D eigenvalue weighted by atomic mass is 19.1. The summed E-state index contributed by atoms with van der Waals surface area (Å²) in [6, 6.07) is 4.52. The second-order valence-corrected chi connectivity index (χ2v) is 2.35. The fourth-order valence-corrected chi connectivity index (χ4v) is 1.06. The summed E-state index contributed by atoms with van der Waals surface area (Å²) in [4.78, 5) is 4.08. The molecule has 1 N–H and O–H groups in total. The second-order valence-electron chi connectivity index (χ2n) is 2.35. The summed E-state index contributed by atoms with van der Waals surface area (Å²) in [5.74, 6) is -0.228. The molecule has 2 rings (SSSR count). The van der Waals surface area contributed by atoms with Crippen molar-refractivity contribution in [2.24, 2.45) is 4.99 Å². The highest BCUT2D eigenvalue weighted by Crippen LogP contribution is 2.26. The first kappa shape index (κ1) is 6.34. The molecule has 0 saturated heterocycles. The molecule has 0 aromatic heterocycles. The van der Waals surface area contributed by atoms with Gasteiger partial charge in [-0.2, -0.15) is 0 Å². The summed E-state index contributed by atoms with van der Waals surface area (Å²) in [7, 11) is 0. The molecule has 0 unspecified atom stereocenters. The van der Waals surface area contributed by atoms with Gasteiger partial charge in [-0.15, -0.1) is 0 Å². The number of aliphatic imine (C=N–C) groups is 1. The van der Waals surface area contributed by atoms with Gasteiger partial charge in [-0.1, -0.05) is 0 Å². The van der Waals surface area contributed by atoms with E-state index in [1.807, 2.05) is 0 Å². The molecule has 3 heteroatoms. The van der Waals surface area contributed by atoms with Crippen LogP contribution in [-0.2, 0) is 0 Å². The van der Waals surface area contributed by atoms with Crippen molar-refractivity contribution in [2.45, 2.75) is 0 Å². The Labute approximate surface area is 63.8 Å². The van der Waals surface area contributed by atoms with Gasteiger partial charge < -0.3 is 5.32 Å². The van der Waals surface area contributed by atoms with Crippen LogP contribution in [0.4, 0.5) is 15.8 Å². The van der Waals surface area contributed by atoms with Crippen LogP contribution in [0.5, 0.6) is 0 Å². The summed E-state index contributed by atoms with van der Waals surface area (Å²) >= 11 is 0. The molecule has 1 aliphatic heterocycles. The predicted molar refractivity (Wildman–Crippen MR) is 43.0 cm³/mol. The molecule has 0 spiro atoms.